The molecule has 0 unspecified atom stereocenters. The standard InChI is InChI=1S/C13H19NO2S/c1-2-14(10-12-6-4-3-5-7-12)13-8-9-17(15,16)11-13/h3-7,13H,2,8-11H2,1H3/t13-/m1/s1. The van der Waals surface area contributed by atoms with Crippen LogP contribution in [0.25, 0.3) is 0 Å². The van der Waals surface area contributed by atoms with Gasteiger partial charge in [0.15, 0.2) is 9.84 Å². The second-order valence-electron chi connectivity index (χ2n) is 4.61. The number of benzene rings is 1. The summed E-state index contributed by atoms with van der Waals surface area (Å²) in [7, 11) is -2.78. The second kappa shape index (κ2) is 5.19. The van der Waals surface area contributed by atoms with Crippen LogP contribution in [0, 0.1) is 0 Å². The smallest absolute Gasteiger partial charge is 0.151 e. The van der Waals surface area contributed by atoms with Gasteiger partial charge >= 0.3 is 0 Å². The first-order valence-electron chi connectivity index (χ1n) is 6.09. The van der Waals surface area contributed by atoms with Crippen molar-refractivity contribution in [3.8, 4) is 0 Å². The van der Waals surface area contributed by atoms with E-state index in [2.05, 4.69) is 24.0 Å². The Morgan fingerprint density at radius 1 is 1.29 bits per heavy atom. The lowest BCUT2D eigenvalue weighted by molar-refractivity contribution is 0.215. The van der Waals surface area contributed by atoms with Crippen LogP contribution in [0.1, 0.15) is 18.9 Å². The van der Waals surface area contributed by atoms with Gasteiger partial charge in [-0.05, 0) is 18.5 Å². The molecule has 0 aliphatic carbocycles. The molecular formula is C13H19NO2S. The van der Waals surface area contributed by atoms with Crippen molar-refractivity contribution in [1.29, 1.82) is 0 Å². The van der Waals surface area contributed by atoms with Crippen molar-refractivity contribution in [3.63, 3.8) is 0 Å². The number of hydrogen-bond acceptors (Lipinski definition) is 3. The van der Waals surface area contributed by atoms with Gasteiger partial charge < -0.3 is 0 Å². The Kier molecular flexibility index (Phi) is 3.84. The van der Waals surface area contributed by atoms with Crippen LogP contribution in [-0.2, 0) is 16.4 Å². The molecule has 4 heteroatoms. The third-order valence-corrected chi connectivity index (χ3v) is 5.11. The lowest BCUT2D eigenvalue weighted by atomic mass is 10.1. The first kappa shape index (κ1) is 12.6. The van der Waals surface area contributed by atoms with Crippen molar-refractivity contribution >= 4 is 9.84 Å². The molecule has 3 nitrogen and oxygen atoms in total. The van der Waals surface area contributed by atoms with Crippen molar-refractivity contribution in [1.82, 2.24) is 4.90 Å². The molecule has 1 heterocycles. The fraction of sp³-hybridized carbons (Fsp3) is 0.538. The normalized spacial score (nSPS) is 23.1. The fourth-order valence-corrected chi connectivity index (χ4v) is 4.14. The maximum Gasteiger partial charge on any atom is 0.151 e. The first-order chi connectivity index (χ1) is 8.11. The van der Waals surface area contributed by atoms with Crippen LogP contribution in [-0.4, -0.2) is 37.4 Å². The summed E-state index contributed by atoms with van der Waals surface area (Å²) in [4.78, 5) is 2.26. The van der Waals surface area contributed by atoms with Crippen LogP contribution in [0.3, 0.4) is 0 Å². The number of hydrogen-bond donors (Lipinski definition) is 0. The summed E-state index contributed by atoms with van der Waals surface area (Å²) in [5.41, 5.74) is 1.25. The molecule has 1 atom stereocenters. The van der Waals surface area contributed by atoms with Crippen LogP contribution in [0.15, 0.2) is 30.3 Å². The molecule has 1 saturated heterocycles. The summed E-state index contributed by atoms with van der Waals surface area (Å²) < 4.78 is 23.0. The Labute approximate surface area is 103 Å². The van der Waals surface area contributed by atoms with Crippen molar-refractivity contribution in [2.24, 2.45) is 0 Å². The van der Waals surface area contributed by atoms with Gasteiger partial charge in [-0.1, -0.05) is 37.3 Å². The molecule has 0 aromatic heterocycles. The van der Waals surface area contributed by atoms with E-state index in [1.165, 1.54) is 5.56 Å². The molecule has 1 aliphatic rings. The van der Waals surface area contributed by atoms with E-state index in [0.29, 0.717) is 11.5 Å². The highest BCUT2D eigenvalue weighted by atomic mass is 32.2. The Balaban J connectivity index is 2.03. The summed E-state index contributed by atoms with van der Waals surface area (Å²) in [6, 6.07) is 10.4. The minimum absolute atomic E-state index is 0.199. The average molecular weight is 253 g/mol. The van der Waals surface area contributed by atoms with Gasteiger partial charge in [-0.2, -0.15) is 0 Å². The van der Waals surface area contributed by atoms with E-state index < -0.39 is 9.84 Å². The molecule has 0 amide bonds. The van der Waals surface area contributed by atoms with Crippen LogP contribution in [0.2, 0.25) is 0 Å². The second-order valence-corrected chi connectivity index (χ2v) is 6.83. The maximum absolute atomic E-state index is 11.5. The molecular weight excluding hydrogens is 234 g/mol. The van der Waals surface area contributed by atoms with Crippen LogP contribution < -0.4 is 0 Å². The van der Waals surface area contributed by atoms with Crippen LogP contribution in [0.4, 0.5) is 0 Å². The van der Waals surface area contributed by atoms with Crippen molar-refractivity contribution in [2.75, 3.05) is 18.1 Å². The molecule has 0 spiro atoms. The van der Waals surface area contributed by atoms with Gasteiger partial charge in [0.05, 0.1) is 11.5 Å². The highest BCUT2D eigenvalue weighted by Crippen LogP contribution is 2.19. The van der Waals surface area contributed by atoms with Crippen molar-refractivity contribution in [2.45, 2.75) is 25.9 Å². The molecule has 2 rings (SSSR count). The topological polar surface area (TPSA) is 37.4 Å². The first-order valence-corrected chi connectivity index (χ1v) is 7.91. The van der Waals surface area contributed by atoms with E-state index in [1.807, 2.05) is 18.2 Å². The third kappa shape index (κ3) is 3.30. The minimum Gasteiger partial charge on any atom is -0.295 e. The Morgan fingerprint density at radius 2 is 2.00 bits per heavy atom. The van der Waals surface area contributed by atoms with Gasteiger partial charge in [0.1, 0.15) is 0 Å². The zero-order valence-corrected chi connectivity index (χ0v) is 11.0. The summed E-state index contributed by atoms with van der Waals surface area (Å²) in [6.45, 7) is 3.83. The average Bonchev–Trinajstić information content (AvgIpc) is 2.68. The molecule has 94 valence electrons. The Morgan fingerprint density at radius 3 is 2.53 bits per heavy atom. The zero-order valence-electron chi connectivity index (χ0n) is 10.2. The van der Waals surface area contributed by atoms with Gasteiger partial charge in [0, 0.05) is 12.6 Å². The number of nitrogens with zero attached hydrogens (tertiary/aromatic N) is 1. The highest BCUT2D eigenvalue weighted by molar-refractivity contribution is 7.91. The fourth-order valence-electron chi connectivity index (χ4n) is 2.38. The van der Waals surface area contributed by atoms with E-state index >= 15 is 0 Å². The third-order valence-electron chi connectivity index (χ3n) is 3.36. The van der Waals surface area contributed by atoms with Crippen LogP contribution in [0.5, 0.6) is 0 Å². The molecule has 0 radical (unpaired) electrons. The minimum atomic E-state index is -2.78. The van der Waals surface area contributed by atoms with E-state index in [-0.39, 0.29) is 6.04 Å². The largest absolute Gasteiger partial charge is 0.295 e. The Hall–Kier alpha value is -0.870. The monoisotopic (exact) mass is 253 g/mol. The quantitative estimate of drug-likeness (QED) is 0.819. The van der Waals surface area contributed by atoms with Crippen LogP contribution >= 0.6 is 0 Å². The molecule has 0 N–H and O–H groups in total. The van der Waals surface area contributed by atoms with Gasteiger partial charge in [0.25, 0.3) is 0 Å². The Bertz CT molecular complexity index is 456. The summed E-state index contributed by atoms with van der Waals surface area (Å²) >= 11 is 0. The van der Waals surface area contributed by atoms with E-state index in [9.17, 15) is 8.42 Å². The summed E-state index contributed by atoms with van der Waals surface area (Å²) in [5.74, 6) is 0.677. The summed E-state index contributed by atoms with van der Waals surface area (Å²) in [6.07, 6.45) is 0.781. The molecule has 0 bridgehead atoms. The lowest BCUT2D eigenvalue weighted by Crippen LogP contribution is -2.35. The maximum atomic E-state index is 11.5. The van der Waals surface area contributed by atoms with E-state index in [4.69, 9.17) is 0 Å². The number of rotatable bonds is 4. The SMILES string of the molecule is CCN(Cc1ccccc1)[C@@H]1CCS(=O)(=O)C1. The van der Waals surface area contributed by atoms with E-state index in [0.717, 1.165) is 19.5 Å². The zero-order chi connectivity index (χ0) is 12.3. The lowest BCUT2D eigenvalue weighted by Gasteiger charge is -2.26. The van der Waals surface area contributed by atoms with E-state index in [1.54, 1.807) is 0 Å². The van der Waals surface area contributed by atoms with Gasteiger partial charge in [-0.3, -0.25) is 4.90 Å². The molecule has 1 aromatic rings. The number of sulfone groups is 1. The molecule has 17 heavy (non-hydrogen) atoms. The molecule has 1 aliphatic heterocycles. The summed E-state index contributed by atoms with van der Waals surface area (Å²) in [5, 5.41) is 0. The van der Waals surface area contributed by atoms with Gasteiger partial charge in [-0.25, -0.2) is 8.42 Å². The van der Waals surface area contributed by atoms with Gasteiger partial charge in [0.2, 0.25) is 0 Å². The predicted octanol–water partition coefficient (Wildman–Crippen LogP) is 1.70. The van der Waals surface area contributed by atoms with Gasteiger partial charge in [-0.15, -0.1) is 0 Å². The predicted molar refractivity (Wildman–Crippen MR) is 69.6 cm³/mol. The molecule has 1 aromatic carbocycles. The molecule has 1 fully saturated rings. The molecule has 0 saturated carbocycles. The van der Waals surface area contributed by atoms with Crippen molar-refractivity contribution < 1.29 is 8.42 Å². The van der Waals surface area contributed by atoms with Crippen molar-refractivity contribution in [3.05, 3.63) is 35.9 Å². The highest BCUT2D eigenvalue weighted by Gasteiger charge is 2.31.